The first-order valence-corrected chi connectivity index (χ1v) is 8.21. The van der Waals surface area contributed by atoms with Gasteiger partial charge in [-0.3, -0.25) is 4.79 Å². The van der Waals surface area contributed by atoms with Crippen LogP contribution in [0.25, 0.3) is 10.9 Å². The summed E-state index contributed by atoms with van der Waals surface area (Å²) in [5.74, 6) is -0.520. The van der Waals surface area contributed by atoms with E-state index in [0.29, 0.717) is 5.56 Å². The minimum atomic E-state index is -0.892. The minimum Gasteiger partial charge on any atom is -0.386 e. The van der Waals surface area contributed by atoms with Crippen molar-refractivity contribution in [2.24, 2.45) is 7.05 Å². The van der Waals surface area contributed by atoms with Crippen LogP contribution >= 0.6 is 0 Å². The number of aliphatic hydroxyl groups is 1. The molecule has 0 spiro atoms. The zero-order valence-corrected chi connectivity index (χ0v) is 14.2. The number of aliphatic hydroxyl groups excluding tert-OH is 1. The van der Waals surface area contributed by atoms with Crippen LogP contribution in [-0.4, -0.2) is 21.6 Å². The van der Waals surface area contributed by atoms with Gasteiger partial charge in [-0.2, -0.15) is 0 Å². The Morgan fingerprint density at radius 1 is 1.20 bits per heavy atom. The second-order valence-electron chi connectivity index (χ2n) is 6.31. The summed E-state index contributed by atoms with van der Waals surface area (Å²) in [6.07, 6.45) is 1.30. The van der Waals surface area contributed by atoms with Gasteiger partial charge in [0, 0.05) is 24.1 Å². The fraction of sp³-hybridized carbons (Fsp3) is 0.250. The molecule has 0 radical (unpaired) electrons. The molecule has 2 unspecified atom stereocenters. The summed E-state index contributed by atoms with van der Waals surface area (Å²) in [4.78, 5) is 12.4. The maximum absolute atomic E-state index is 13.0. The summed E-state index contributed by atoms with van der Waals surface area (Å²) in [6.45, 7) is 1.73. The Hall–Kier alpha value is -2.66. The SMILES string of the molecule is CC(NC(=O)Cc1cn(C)c2ccccc12)C(O)c1ccc(F)cc1. The number of benzene rings is 2. The number of amides is 1. The van der Waals surface area contributed by atoms with Gasteiger partial charge in [-0.25, -0.2) is 4.39 Å². The van der Waals surface area contributed by atoms with Gasteiger partial charge < -0.3 is 15.0 Å². The van der Waals surface area contributed by atoms with Gasteiger partial charge in [-0.05, 0) is 36.2 Å². The fourth-order valence-corrected chi connectivity index (χ4v) is 3.07. The van der Waals surface area contributed by atoms with Crippen LogP contribution in [0.2, 0.25) is 0 Å². The minimum absolute atomic E-state index is 0.162. The van der Waals surface area contributed by atoms with Crippen LogP contribution in [0.15, 0.2) is 54.7 Å². The van der Waals surface area contributed by atoms with Gasteiger partial charge in [0.2, 0.25) is 5.91 Å². The lowest BCUT2D eigenvalue weighted by Gasteiger charge is -2.20. The van der Waals surface area contributed by atoms with Gasteiger partial charge in [0.05, 0.1) is 18.6 Å². The van der Waals surface area contributed by atoms with Crippen molar-refractivity contribution in [1.82, 2.24) is 9.88 Å². The van der Waals surface area contributed by atoms with Gasteiger partial charge in [0.25, 0.3) is 0 Å². The normalized spacial score (nSPS) is 13.6. The molecule has 2 aromatic carbocycles. The van der Waals surface area contributed by atoms with E-state index in [0.717, 1.165) is 16.5 Å². The molecule has 25 heavy (non-hydrogen) atoms. The molecule has 2 N–H and O–H groups in total. The van der Waals surface area contributed by atoms with Crippen molar-refractivity contribution in [3.63, 3.8) is 0 Å². The lowest BCUT2D eigenvalue weighted by atomic mass is 10.0. The van der Waals surface area contributed by atoms with Crippen molar-refractivity contribution < 1.29 is 14.3 Å². The number of rotatable bonds is 5. The van der Waals surface area contributed by atoms with E-state index in [1.54, 1.807) is 6.92 Å². The van der Waals surface area contributed by atoms with Crippen LogP contribution in [-0.2, 0) is 18.3 Å². The summed E-state index contributed by atoms with van der Waals surface area (Å²) < 4.78 is 15.0. The van der Waals surface area contributed by atoms with Gasteiger partial charge >= 0.3 is 0 Å². The Morgan fingerprint density at radius 3 is 2.60 bits per heavy atom. The van der Waals surface area contributed by atoms with Crippen molar-refractivity contribution in [3.05, 3.63) is 71.7 Å². The van der Waals surface area contributed by atoms with E-state index in [2.05, 4.69) is 5.32 Å². The smallest absolute Gasteiger partial charge is 0.224 e. The van der Waals surface area contributed by atoms with E-state index < -0.39 is 12.1 Å². The highest BCUT2D eigenvalue weighted by molar-refractivity contribution is 5.89. The Bertz CT molecular complexity index is 886. The average Bonchev–Trinajstić information content (AvgIpc) is 2.91. The number of hydrogen-bond acceptors (Lipinski definition) is 2. The first-order chi connectivity index (χ1) is 12.0. The fourth-order valence-electron chi connectivity index (χ4n) is 3.07. The monoisotopic (exact) mass is 340 g/mol. The molecule has 1 aromatic heterocycles. The number of aryl methyl sites for hydroxylation is 1. The van der Waals surface area contributed by atoms with Crippen molar-refractivity contribution in [3.8, 4) is 0 Å². The molecule has 3 aromatic rings. The Kier molecular flexibility index (Phi) is 4.86. The van der Waals surface area contributed by atoms with Gasteiger partial charge in [-0.1, -0.05) is 30.3 Å². The van der Waals surface area contributed by atoms with Gasteiger partial charge in [0.1, 0.15) is 5.82 Å². The topological polar surface area (TPSA) is 54.3 Å². The van der Waals surface area contributed by atoms with Gasteiger partial charge in [0.15, 0.2) is 0 Å². The highest BCUT2D eigenvalue weighted by Crippen LogP contribution is 2.21. The molecule has 5 heteroatoms. The number of nitrogens with one attached hydrogen (secondary N) is 1. The summed E-state index contributed by atoms with van der Waals surface area (Å²) in [7, 11) is 1.95. The highest BCUT2D eigenvalue weighted by Gasteiger charge is 2.19. The number of fused-ring (bicyclic) bond motifs is 1. The third-order valence-corrected chi connectivity index (χ3v) is 4.40. The molecule has 0 fully saturated rings. The maximum atomic E-state index is 13.0. The molecule has 0 aliphatic rings. The number of halogens is 1. The molecule has 130 valence electrons. The molecule has 1 amide bonds. The van der Waals surface area contributed by atoms with Gasteiger partial charge in [-0.15, -0.1) is 0 Å². The number of aromatic nitrogens is 1. The number of hydrogen-bond donors (Lipinski definition) is 2. The molecular weight excluding hydrogens is 319 g/mol. The first-order valence-electron chi connectivity index (χ1n) is 8.21. The average molecular weight is 340 g/mol. The number of carbonyl (C=O) groups excluding carboxylic acids is 1. The zero-order chi connectivity index (χ0) is 18.0. The second kappa shape index (κ2) is 7.07. The van der Waals surface area contributed by atoms with Crippen LogP contribution in [0.4, 0.5) is 4.39 Å². The van der Waals surface area contributed by atoms with Crippen molar-refractivity contribution >= 4 is 16.8 Å². The molecule has 2 atom stereocenters. The van der Waals surface area contributed by atoms with E-state index in [4.69, 9.17) is 0 Å². The van der Waals surface area contributed by atoms with Crippen LogP contribution in [0.1, 0.15) is 24.2 Å². The van der Waals surface area contributed by atoms with Crippen LogP contribution in [0, 0.1) is 5.82 Å². The van der Waals surface area contributed by atoms with E-state index in [-0.39, 0.29) is 18.1 Å². The van der Waals surface area contributed by atoms with Crippen LogP contribution in [0.5, 0.6) is 0 Å². The number of para-hydroxylation sites is 1. The number of carbonyl (C=O) groups is 1. The van der Waals surface area contributed by atoms with Crippen molar-refractivity contribution in [2.75, 3.05) is 0 Å². The Morgan fingerprint density at radius 2 is 1.88 bits per heavy atom. The summed E-state index contributed by atoms with van der Waals surface area (Å²) in [5, 5.41) is 14.2. The lowest BCUT2D eigenvalue weighted by molar-refractivity contribution is -0.121. The second-order valence-corrected chi connectivity index (χ2v) is 6.31. The molecule has 0 aliphatic heterocycles. The summed E-state index contributed by atoms with van der Waals surface area (Å²) in [5.41, 5.74) is 2.59. The largest absolute Gasteiger partial charge is 0.386 e. The molecular formula is C20H21FN2O2. The molecule has 3 rings (SSSR count). The highest BCUT2D eigenvalue weighted by atomic mass is 19.1. The molecule has 1 heterocycles. The first kappa shape index (κ1) is 17.2. The lowest BCUT2D eigenvalue weighted by Crippen LogP contribution is -2.37. The van der Waals surface area contributed by atoms with E-state index in [9.17, 15) is 14.3 Å². The van der Waals surface area contributed by atoms with Crippen molar-refractivity contribution in [1.29, 1.82) is 0 Å². The predicted molar refractivity (Wildman–Crippen MR) is 95.6 cm³/mol. The van der Waals surface area contributed by atoms with E-state index in [1.165, 1.54) is 24.3 Å². The summed E-state index contributed by atoms with van der Waals surface area (Å²) >= 11 is 0. The number of nitrogens with zero attached hydrogens (tertiary/aromatic N) is 1. The molecule has 4 nitrogen and oxygen atoms in total. The van der Waals surface area contributed by atoms with Crippen LogP contribution in [0.3, 0.4) is 0 Å². The van der Waals surface area contributed by atoms with E-state index >= 15 is 0 Å². The summed E-state index contributed by atoms with van der Waals surface area (Å²) in [6, 6.07) is 13.1. The van der Waals surface area contributed by atoms with E-state index in [1.807, 2.05) is 42.1 Å². The predicted octanol–water partition coefficient (Wildman–Crippen LogP) is 3.10. The molecule has 0 saturated carbocycles. The quantitative estimate of drug-likeness (QED) is 0.750. The molecule has 0 saturated heterocycles. The molecule has 0 aliphatic carbocycles. The maximum Gasteiger partial charge on any atom is 0.224 e. The zero-order valence-electron chi connectivity index (χ0n) is 14.2. The Labute approximate surface area is 145 Å². The third-order valence-electron chi connectivity index (χ3n) is 4.40. The van der Waals surface area contributed by atoms with Crippen molar-refractivity contribution in [2.45, 2.75) is 25.5 Å². The molecule has 0 bridgehead atoms. The van der Waals surface area contributed by atoms with Crippen LogP contribution < -0.4 is 5.32 Å². The Balaban J connectivity index is 1.68. The third kappa shape index (κ3) is 3.72. The standard InChI is InChI=1S/C20H21FN2O2/c1-13(20(25)14-7-9-16(21)10-8-14)22-19(24)11-15-12-23(2)18-6-4-3-5-17(15)18/h3-10,12-13,20,25H,11H2,1-2H3,(H,22,24).